The Morgan fingerprint density at radius 2 is 2.05 bits per heavy atom. The van der Waals surface area contributed by atoms with Crippen molar-refractivity contribution in [2.75, 3.05) is 13.2 Å². The summed E-state index contributed by atoms with van der Waals surface area (Å²) in [6.45, 7) is 0.214. The third-order valence-corrected chi connectivity index (χ3v) is 3.84. The number of nitrogens with one attached hydrogen (secondary N) is 1. The standard InChI is InChI=1S/C14H20N2O4/c15-10-14(6-2-1-3-7-14)16-12(17)9-20-13(18)11-5-4-8-19-11/h11H,1-9H2,(H,16,17)/t11-/m1/s1. The van der Waals surface area contributed by atoms with Gasteiger partial charge in [0.05, 0.1) is 6.07 Å². The summed E-state index contributed by atoms with van der Waals surface area (Å²) in [5.74, 6) is -0.910. The zero-order chi connectivity index (χ0) is 14.4. The van der Waals surface area contributed by atoms with E-state index in [1.165, 1.54) is 0 Å². The summed E-state index contributed by atoms with van der Waals surface area (Å²) in [4.78, 5) is 23.4. The monoisotopic (exact) mass is 280 g/mol. The van der Waals surface area contributed by atoms with E-state index < -0.39 is 23.5 Å². The molecule has 1 N–H and O–H groups in total. The predicted molar refractivity (Wildman–Crippen MR) is 69.5 cm³/mol. The van der Waals surface area contributed by atoms with Gasteiger partial charge in [0.25, 0.3) is 5.91 Å². The van der Waals surface area contributed by atoms with Crippen LogP contribution in [0.1, 0.15) is 44.9 Å². The van der Waals surface area contributed by atoms with Crippen LogP contribution in [0.3, 0.4) is 0 Å². The Morgan fingerprint density at radius 1 is 1.30 bits per heavy atom. The summed E-state index contributed by atoms with van der Waals surface area (Å²) < 4.78 is 10.1. The van der Waals surface area contributed by atoms with Crippen molar-refractivity contribution < 1.29 is 19.1 Å². The summed E-state index contributed by atoms with van der Waals surface area (Å²) in [7, 11) is 0. The third-order valence-electron chi connectivity index (χ3n) is 3.84. The maximum absolute atomic E-state index is 11.8. The molecule has 0 radical (unpaired) electrons. The number of hydrogen-bond donors (Lipinski definition) is 1. The van der Waals surface area contributed by atoms with Crippen molar-refractivity contribution >= 4 is 11.9 Å². The SMILES string of the molecule is N#CC1(NC(=O)COC(=O)[C@H]2CCCO2)CCCCC1. The van der Waals surface area contributed by atoms with Gasteiger partial charge in [0.1, 0.15) is 5.54 Å². The molecule has 0 bridgehead atoms. The molecule has 6 heteroatoms. The van der Waals surface area contributed by atoms with Crippen LogP contribution in [0, 0.1) is 11.3 Å². The summed E-state index contributed by atoms with van der Waals surface area (Å²) in [5, 5.41) is 12.0. The van der Waals surface area contributed by atoms with Crippen molar-refractivity contribution in [2.24, 2.45) is 0 Å². The summed E-state index contributed by atoms with van der Waals surface area (Å²) in [5.41, 5.74) is -0.786. The molecule has 0 spiro atoms. The van der Waals surface area contributed by atoms with E-state index in [4.69, 9.17) is 9.47 Å². The largest absolute Gasteiger partial charge is 0.454 e. The number of nitriles is 1. The van der Waals surface area contributed by atoms with Crippen LogP contribution in [-0.2, 0) is 19.1 Å². The number of nitrogens with zero attached hydrogens (tertiary/aromatic N) is 1. The van der Waals surface area contributed by atoms with Gasteiger partial charge in [-0.3, -0.25) is 4.79 Å². The van der Waals surface area contributed by atoms with Crippen LogP contribution in [0.2, 0.25) is 0 Å². The molecular formula is C14H20N2O4. The van der Waals surface area contributed by atoms with Crippen molar-refractivity contribution in [1.82, 2.24) is 5.32 Å². The summed E-state index contributed by atoms with van der Waals surface area (Å²) in [6.07, 6.45) is 5.22. The highest BCUT2D eigenvalue weighted by Gasteiger charge is 2.34. The molecule has 6 nitrogen and oxygen atoms in total. The number of hydrogen-bond acceptors (Lipinski definition) is 5. The van der Waals surface area contributed by atoms with Gasteiger partial charge < -0.3 is 14.8 Å². The molecule has 1 saturated heterocycles. The zero-order valence-corrected chi connectivity index (χ0v) is 11.5. The first-order valence-corrected chi connectivity index (χ1v) is 7.16. The molecule has 0 aromatic heterocycles. The Morgan fingerprint density at radius 3 is 2.65 bits per heavy atom. The second-order valence-corrected chi connectivity index (χ2v) is 5.41. The minimum Gasteiger partial charge on any atom is -0.454 e. The van der Waals surface area contributed by atoms with Crippen molar-refractivity contribution in [3.05, 3.63) is 0 Å². The fourth-order valence-corrected chi connectivity index (χ4v) is 2.72. The molecule has 0 unspecified atom stereocenters. The lowest BCUT2D eigenvalue weighted by molar-refractivity contribution is -0.157. The lowest BCUT2D eigenvalue weighted by Gasteiger charge is -2.31. The number of ether oxygens (including phenoxy) is 2. The molecule has 20 heavy (non-hydrogen) atoms. The van der Waals surface area contributed by atoms with Gasteiger partial charge in [0.2, 0.25) is 0 Å². The minimum absolute atomic E-state index is 0.345. The number of rotatable bonds is 4. The Kier molecular flexibility index (Phi) is 4.96. The molecule has 1 amide bonds. The smallest absolute Gasteiger partial charge is 0.335 e. The number of esters is 1. The van der Waals surface area contributed by atoms with Crippen molar-refractivity contribution in [3.63, 3.8) is 0 Å². The summed E-state index contributed by atoms with van der Waals surface area (Å²) >= 11 is 0. The van der Waals surface area contributed by atoms with Crippen molar-refractivity contribution in [1.29, 1.82) is 5.26 Å². The number of carbonyl (C=O) groups is 2. The van der Waals surface area contributed by atoms with Gasteiger partial charge >= 0.3 is 5.97 Å². The van der Waals surface area contributed by atoms with Gasteiger partial charge in [0.15, 0.2) is 12.7 Å². The molecule has 1 saturated carbocycles. The van der Waals surface area contributed by atoms with E-state index in [2.05, 4.69) is 11.4 Å². The Balaban J connectivity index is 1.77. The third kappa shape index (κ3) is 3.70. The molecule has 2 rings (SSSR count). The van der Waals surface area contributed by atoms with Crippen LogP contribution in [0.4, 0.5) is 0 Å². The molecule has 1 aliphatic heterocycles. The topological polar surface area (TPSA) is 88.4 Å². The van der Waals surface area contributed by atoms with E-state index in [0.717, 1.165) is 25.7 Å². The average Bonchev–Trinajstić information content (AvgIpc) is 3.00. The first-order valence-electron chi connectivity index (χ1n) is 7.16. The van der Waals surface area contributed by atoms with Gasteiger partial charge in [-0.15, -0.1) is 0 Å². The lowest BCUT2D eigenvalue weighted by atomic mass is 9.83. The molecule has 2 aliphatic rings. The van der Waals surface area contributed by atoms with Gasteiger partial charge in [-0.1, -0.05) is 19.3 Å². The van der Waals surface area contributed by atoms with E-state index in [1.807, 2.05) is 0 Å². The van der Waals surface area contributed by atoms with E-state index in [0.29, 0.717) is 25.9 Å². The first-order chi connectivity index (χ1) is 9.65. The molecule has 1 atom stereocenters. The van der Waals surface area contributed by atoms with Crippen LogP contribution in [0.15, 0.2) is 0 Å². The van der Waals surface area contributed by atoms with Crippen LogP contribution >= 0.6 is 0 Å². The highest BCUT2D eigenvalue weighted by molar-refractivity contribution is 5.82. The molecular weight excluding hydrogens is 260 g/mol. The zero-order valence-electron chi connectivity index (χ0n) is 11.5. The molecule has 1 heterocycles. The van der Waals surface area contributed by atoms with Crippen LogP contribution < -0.4 is 5.32 Å². The molecule has 0 aromatic rings. The average molecular weight is 280 g/mol. The Bertz CT molecular complexity index is 404. The summed E-state index contributed by atoms with van der Waals surface area (Å²) in [6, 6.07) is 2.19. The number of carbonyl (C=O) groups excluding carboxylic acids is 2. The van der Waals surface area contributed by atoms with Gasteiger partial charge in [-0.25, -0.2) is 4.79 Å². The maximum atomic E-state index is 11.8. The van der Waals surface area contributed by atoms with E-state index in [-0.39, 0.29) is 6.61 Å². The van der Waals surface area contributed by atoms with Gasteiger partial charge in [-0.05, 0) is 25.7 Å². The van der Waals surface area contributed by atoms with Gasteiger partial charge in [0, 0.05) is 6.61 Å². The first kappa shape index (κ1) is 14.8. The van der Waals surface area contributed by atoms with Gasteiger partial charge in [-0.2, -0.15) is 5.26 Å². The highest BCUT2D eigenvalue weighted by Crippen LogP contribution is 2.27. The van der Waals surface area contributed by atoms with Crippen LogP contribution in [0.5, 0.6) is 0 Å². The molecule has 2 fully saturated rings. The van der Waals surface area contributed by atoms with E-state index >= 15 is 0 Å². The molecule has 0 aromatic carbocycles. The maximum Gasteiger partial charge on any atom is 0.335 e. The normalized spacial score (nSPS) is 24.6. The molecule has 1 aliphatic carbocycles. The lowest BCUT2D eigenvalue weighted by Crippen LogP contribution is -2.50. The van der Waals surface area contributed by atoms with E-state index in [1.54, 1.807) is 0 Å². The Hall–Kier alpha value is -1.61. The van der Waals surface area contributed by atoms with Crippen LogP contribution in [-0.4, -0.2) is 36.7 Å². The van der Waals surface area contributed by atoms with Crippen molar-refractivity contribution in [2.45, 2.75) is 56.6 Å². The van der Waals surface area contributed by atoms with Crippen LogP contribution in [0.25, 0.3) is 0 Å². The fourth-order valence-electron chi connectivity index (χ4n) is 2.72. The number of amides is 1. The molecule has 110 valence electrons. The van der Waals surface area contributed by atoms with E-state index in [9.17, 15) is 14.9 Å². The fraction of sp³-hybridized carbons (Fsp3) is 0.786. The minimum atomic E-state index is -0.786. The quantitative estimate of drug-likeness (QED) is 0.778. The second-order valence-electron chi connectivity index (χ2n) is 5.41. The Labute approximate surface area is 118 Å². The second kappa shape index (κ2) is 6.71. The highest BCUT2D eigenvalue weighted by atomic mass is 16.6. The van der Waals surface area contributed by atoms with Crippen molar-refractivity contribution in [3.8, 4) is 6.07 Å². The predicted octanol–water partition coefficient (Wildman–Crippen LogP) is 1.05.